The molecule has 0 bridgehead atoms. The monoisotopic (exact) mass is 219 g/mol. The molecule has 2 aromatic heterocycles. The predicted molar refractivity (Wildman–Crippen MR) is 46.8 cm³/mol. The van der Waals surface area contributed by atoms with E-state index < -0.39 is 11.7 Å². The zero-order valence-corrected chi connectivity index (χ0v) is 7.49. The Bertz CT molecular complexity index is 476. The fraction of sp³-hybridized carbons (Fsp3) is 0.143. The van der Waals surface area contributed by atoms with Crippen LogP contribution >= 0.6 is 11.3 Å². The summed E-state index contributed by atoms with van der Waals surface area (Å²) in [5.41, 5.74) is 4.80. The fourth-order valence-corrected chi connectivity index (χ4v) is 1.72. The lowest BCUT2D eigenvalue weighted by Crippen LogP contribution is -2.04. The van der Waals surface area contributed by atoms with Crippen molar-refractivity contribution in [2.24, 2.45) is 0 Å². The highest BCUT2D eigenvalue weighted by Crippen LogP contribution is 2.32. The Labute approximate surface area is 80.4 Å². The van der Waals surface area contributed by atoms with Crippen LogP contribution in [-0.2, 0) is 6.18 Å². The van der Waals surface area contributed by atoms with E-state index in [1.54, 1.807) is 0 Å². The third-order valence-electron chi connectivity index (χ3n) is 1.59. The van der Waals surface area contributed by atoms with Crippen LogP contribution in [0.5, 0.6) is 0 Å². The van der Waals surface area contributed by atoms with Gasteiger partial charge in [-0.2, -0.15) is 13.2 Å². The van der Waals surface area contributed by atoms with Crippen molar-refractivity contribution in [3.63, 3.8) is 0 Å². The summed E-state index contributed by atoms with van der Waals surface area (Å²) in [6.07, 6.45) is -3.62. The fourth-order valence-electron chi connectivity index (χ4n) is 0.991. The van der Waals surface area contributed by atoms with E-state index in [9.17, 15) is 13.2 Å². The number of nitrogens with zero attached hydrogens (tertiary/aromatic N) is 2. The molecule has 0 saturated carbocycles. The molecule has 2 N–H and O–H groups in total. The molecule has 0 aliphatic carbocycles. The Hall–Kier alpha value is -1.37. The van der Waals surface area contributed by atoms with Gasteiger partial charge in [0, 0.05) is 6.20 Å². The number of rotatable bonds is 0. The molecule has 2 aromatic rings. The molecule has 0 amide bonds. The first-order valence-corrected chi connectivity index (χ1v) is 4.38. The lowest BCUT2D eigenvalue weighted by molar-refractivity contribution is -0.137. The summed E-state index contributed by atoms with van der Waals surface area (Å²) >= 11 is 0.987. The van der Waals surface area contributed by atoms with Crippen molar-refractivity contribution in [2.45, 2.75) is 6.18 Å². The zero-order valence-electron chi connectivity index (χ0n) is 6.67. The molecule has 74 valence electrons. The number of nitrogens with two attached hydrogens (primary N) is 1. The average molecular weight is 219 g/mol. The van der Waals surface area contributed by atoms with E-state index in [4.69, 9.17) is 5.73 Å². The van der Waals surface area contributed by atoms with Crippen molar-refractivity contribution >= 4 is 26.8 Å². The summed E-state index contributed by atoms with van der Waals surface area (Å²) < 4.78 is 37.1. The van der Waals surface area contributed by atoms with Crippen molar-refractivity contribution in [1.29, 1.82) is 0 Å². The highest BCUT2D eigenvalue weighted by molar-refractivity contribution is 7.21. The SMILES string of the molecule is Nc1nc2ncc(C(F)(F)F)cc2s1. The van der Waals surface area contributed by atoms with Crippen LogP contribution in [-0.4, -0.2) is 9.97 Å². The molecule has 7 heteroatoms. The van der Waals surface area contributed by atoms with Gasteiger partial charge in [-0.25, -0.2) is 9.97 Å². The maximum absolute atomic E-state index is 12.2. The molecule has 0 fully saturated rings. The zero-order chi connectivity index (χ0) is 10.3. The van der Waals surface area contributed by atoms with Crippen LogP contribution < -0.4 is 5.73 Å². The van der Waals surface area contributed by atoms with Crippen LogP contribution in [0, 0.1) is 0 Å². The summed E-state index contributed by atoms with van der Waals surface area (Å²) in [5, 5.41) is 0.215. The van der Waals surface area contributed by atoms with Gasteiger partial charge in [0.1, 0.15) is 0 Å². The summed E-state index contributed by atoms with van der Waals surface area (Å²) in [5.74, 6) is 0. The number of aromatic nitrogens is 2. The van der Waals surface area contributed by atoms with Crippen LogP contribution in [0.1, 0.15) is 5.56 Å². The Morgan fingerprint density at radius 3 is 2.71 bits per heavy atom. The molecule has 0 atom stereocenters. The van der Waals surface area contributed by atoms with E-state index in [0.717, 1.165) is 23.6 Å². The predicted octanol–water partition coefficient (Wildman–Crippen LogP) is 2.29. The first kappa shape index (κ1) is 9.20. The third kappa shape index (κ3) is 1.50. The molecule has 0 radical (unpaired) electrons. The van der Waals surface area contributed by atoms with Crippen LogP contribution in [0.15, 0.2) is 12.3 Å². The third-order valence-corrected chi connectivity index (χ3v) is 2.41. The summed E-state index contributed by atoms with van der Waals surface area (Å²) in [4.78, 5) is 7.32. The first-order chi connectivity index (χ1) is 6.47. The molecule has 0 spiro atoms. The van der Waals surface area contributed by atoms with Gasteiger partial charge in [-0.3, -0.25) is 0 Å². The Kier molecular flexibility index (Phi) is 1.84. The van der Waals surface area contributed by atoms with Crippen molar-refractivity contribution in [1.82, 2.24) is 9.97 Å². The standard InChI is InChI=1S/C7H4F3N3S/c8-7(9,10)3-1-4-5(12-2-3)13-6(11)14-4/h1-2H,(H2,11,12,13). The van der Waals surface area contributed by atoms with Crippen molar-refractivity contribution < 1.29 is 13.2 Å². The topological polar surface area (TPSA) is 51.8 Å². The maximum Gasteiger partial charge on any atom is 0.417 e. The Morgan fingerprint density at radius 2 is 2.07 bits per heavy atom. The van der Waals surface area contributed by atoms with E-state index in [1.165, 1.54) is 0 Å². The molecule has 0 aliphatic heterocycles. The quantitative estimate of drug-likeness (QED) is 0.739. The number of halogens is 3. The smallest absolute Gasteiger partial charge is 0.375 e. The summed E-state index contributed by atoms with van der Waals surface area (Å²) in [7, 11) is 0. The Balaban J connectivity index is 2.62. The average Bonchev–Trinajstić information content (AvgIpc) is 2.41. The van der Waals surface area contributed by atoms with Crippen LogP contribution in [0.3, 0.4) is 0 Å². The number of hydrogen-bond donors (Lipinski definition) is 1. The van der Waals surface area contributed by atoms with Crippen molar-refractivity contribution in [3.8, 4) is 0 Å². The molecule has 0 aliphatic rings. The molecule has 0 unspecified atom stereocenters. The first-order valence-electron chi connectivity index (χ1n) is 3.56. The molecule has 0 saturated heterocycles. The molecule has 3 nitrogen and oxygen atoms in total. The number of fused-ring (bicyclic) bond motifs is 1. The molecular weight excluding hydrogens is 215 g/mol. The van der Waals surface area contributed by atoms with Gasteiger partial charge < -0.3 is 5.73 Å². The van der Waals surface area contributed by atoms with Gasteiger partial charge in [0.05, 0.1) is 10.3 Å². The van der Waals surface area contributed by atoms with Gasteiger partial charge in [-0.15, -0.1) is 0 Å². The maximum atomic E-state index is 12.2. The Morgan fingerprint density at radius 1 is 1.36 bits per heavy atom. The molecule has 14 heavy (non-hydrogen) atoms. The van der Waals surface area contributed by atoms with Crippen LogP contribution in [0.25, 0.3) is 10.3 Å². The minimum Gasteiger partial charge on any atom is -0.375 e. The number of thiazole rings is 1. The summed E-state index contributed by atoms with van der Waals surface area (Å²) in [6, 6.07) is 0.996. The van der Waals surface area contributed by atoms with Gasteiger partial charge in [0.15, 0.2) is 10.8 Å². The second kappa shape index (κ2) is 2.81. The van der Waals surface area contributed by atoms with E-state index in [2.05, 4.69) is 9.97 Å². The highest BCUT2D eigenvalue weighted by atomic mass is 32.1. The van der Waals surface area contributed by atoms with E-state index in [-0.39, 0.29) is 10.8 Å². The van der Waals surface area contributed by atoms with Crippen molar-refractivity contribution in [2.75, 3.05) is 5.73 Å². The molecular formula is C7H4F3N3S. The largest absolute Gasteiger partial charge is 0.417 e. The summed E-state index contributed by atoms with van der Waals surface area (Å²) in [6.45, 7) is 0. The van der Waals surface area contributed by atoms with E-state index in [0.29, 0.717) is 4.70 Å². The highest BCUT2D eigenvalue weighted by Gasteiger charge is 2.31. The second-order valence-electron chi connectivity index (χ2n) is 2.60. The molecule has 0 aromatic carbocycles. The lowest BCUT2D eigenvalue weighted by Gasteiger charge is -2.04. The minimum absolute atomic E-state index is 0.215. The molecule has 2 rings (SSSR count). The van der Waals surface area contributed by atoms with Gasteiger partial charge in [0.25, 0.3) is 0 Å². The van der Waals surface area contributed by atoms with Crippen LogP contribution in [0.2, 0.25) is 0 Å². The molecule has 2 heterocycles. The number of pyridine rings is 1. The number of alkyl halides is 3. The van der Waals surface area contributed by atoms with Gasteiger partial charge >= 0.3 is 6.18 Å². The van der Waals surface area contributed by atoms with Crippen molar-refractivity contribution in [3.05, 3.63) is 17.8 Å². The lowest BCUT2D eigenvalue weighted by atomic mass is 10.3. The number of nitrogen functional groups attached to an aromatic ring is 1. The number of anilines is 1. The normalized spacial score (nSPS) is 12.2. The minimum atomic E-state index is -4.38. The van der Waals surface area contributed by atoms with E-state index in [1.807, 2.05) is 0 Å². The number of hydrogen-bond acceptors (Lipinski definition) is 4. The second-order valence-corrected chi connectivity index (χ2v) is 3.66. The van der Waals surface area contributed by atoms with Crippen LogP contribution in [0.4, 0.5) is 18.3 Å². The van der Waals surface area contributed by atoms with Gasteiger partial charge in [0.2, 0.25) is 0 Å². The van der Waals surface area contributed by atoms with E-state index >= 15 is 0 Å². The van der Waals surface area contributed by atoms with Gasteiger partial charge in [-0.05, 0) is 6.07 Å². The van der Waals surface area contributed by atoms with Gasteiger partial charge in [-0.1, -0.05) is 11.3 Å².